The van der Waals surface area contributed by atoms with Gasteiger partial charge in [0.05, 0.1) is 26.3 Å². The third-order valence-corrected chi connectivity index (χ3v) is 3.84. The molecule has 1 saturated heterocycles. The summed E-state index contributed by atoms with van der Waals surface area (Å²) >= 11 is 0. The fourth-order valence-electron chi connectivity index (χ4n) is 2.62. The van der Waals surface area contributed by atoms with E-state index in [2.05, 4.69) is 20.5 Å². The molecule has 0 spiro atoms. The molecule has 0 bridgehead atoms. The van der Waals surface area contributed by atoms with E-state index < -0.39 is 0 Å². The molecule has 130 valence electrons. The Morgan fingerprint density at radius 2 is 2.17 bits per heavy atom. The van der Waals surface area contributed by atoms with E-state index in [9.17, 15) is 4.79 Å². The molecule has 0 saturated carbocycles. The van der Waals surface area contributed by atoms with Gasteiger partial charge in [0.1, 0.15) is 0 Å². The Kier molecular flexibility index (Phi) is 5.37. The molecule has 1 aromatic rings. The number of piperazine rings is 1. The van der Waals surface area contributed by atoms with Gasteiger partial charge in [-0.3, -0.25) is 14.7 Å². The molecule has 0 atom stereocenters. The van der Waals surface area contributed by atoms with E-state index in [4.69, 9.17) is 15.2 Å². The van der Waals surface area contributed by atoms with Crippen molar-refractivity contribution in [1.82, 2.24) is 10.2 Å². The first kappa shape index (κ1) is 16.4. The lowest BCUT2D eigenvalue weighted by molar-refractivity contribution is -0.124. The number of carbonyl (C=O) groups is 1. The summed E-state index contributed by atoms with van der Waals surface area (Å²) in [6.45, 7) is 4.50. The van der Waals surface area contributed by atoms with Crippen LogP contribution in [0.3, 0.4) is 0 Å². The summed E-state index contributed by atoms with van der Waals surface area (Å²) in [4.78, 5) is 17.7. The zero-order valence-electron chi connectivity index (χ0n) is 13.6. The molecule has 0 unspecified atom stereocenters. The molecule has 3 rings (SSSR count). The average Bonchev–Trinajstić information content (AvgIpc) is 2.80. The summed E-state index contributed by atoms with van der Waals surface area (Å²) in [5, 5.41) is 5.85. The van der Waals surface area contributed by atoms with Gasteiger partial charge < -0.3 is 25.8 Å². The SMILES string of the molecule is NC(=NCCN1CCNC(=O)C1)Nc1ccc2c(c1)OCCCO2. The van der Waals surface area contributed by atoms with Crippen LogP contribution in [0.1, 0.15) is 6.42 Å². The lowest BCUT2D eigenvalue weighted by atomic mass is 10.3. The van der Waals surface area contributed by atoms with Crippen LogP contribution in [-0.2, 0) is 4.79 Å². The molecule has 2 aliphatic rings. The van der Waals surface area contributed by atoms with Crippen LogP contribution >= 0.6 is 0 Å². The molecular weight excluding hydrogens is 310 g/mol. The molecule has 0 radical (unpaired) electrons. The largest absolute Gasteiger partial charge is 0.490 e. The Balaban J connectivity index is 1.51. The zero-order chi connectivity index (χ0) is 16.8. The highest BCUT2D eigenvalue weighted by atomic mass is 16.5. The van der Waals surface area contributed by atoms with Crippen molar-refractivity contribution >= 4 is 17.6 Å². The van der Waals surface area contributed by atoms with E-state index in [1.807, 2.05) is 18.2 Å². The van der Waals surface area contributed by atoms with Crippen LogP contribution in [0.25, 0.3) is 0 Å². The number of amides is 1. The summed E-state index contributed by atoms with van der Waals surface area (Å²) in [6, 6.07) is 5.60. The van der Waals surface area contributed by atoms with Crippen LogP contribution in [0.15, 0.2) is 23.2 Å². The third kappa shape index (κ3) is 4.51. The van der Waals surface area contributed by atoms with Crippen LogP contribution < -0.4 is 25.8 Å². The first-order valence-corrected chi connectivity index (χ1v) is 8.16. The number of anilines is 1. The second kappa shape index (κ2) is 7.87. The van der Waals surface area contributed by atoms with Crippen LogP contribution in [0, 0.1) is 0 Å². The topological polar surface area (TPSA) is 101 Å². The molecule has 2 heterocycles. The van der Waals surface area contributed by atoms with Crippen molar-refractivity contribution < 1.29 is 14.3 Å². The quantitative estimate of drug-likeness (QED) is 0.530. The Labute approximate surface area is 141 Å². The van der Waals surface area contributed by atoms with E-state index in [1.165, 1.54) is 0 Å². The maximum Gasteiger partial charge on any atom is 0.234 e. The van der Waals surface area contributed by atoms with Gasteiger partial charge in [-0.2, -0.15) is 0 Å². The third-order valence-electron chi connectivity index (χ3n) is 3.84. The van der Waals surface area contributed by atoms with Crippen LogP contribution in [0.4, 0.5) is 5.69 Å². The molecule has 4 N–H and O–H groups in total. The molecule has 1 fully saturated rings. The maximum absolute atomic E-state index is 11.3. The van der Waals surface area contributed by atoms with Crippen molar-refractivity contribution in [3.05, 3.63) is 18.2 Å². The van der Waals surface area contributed by atoms with Crippen molar-refractivity contribution in [3.63, 3.8) is 0 Å². The average molecular weight is 333 g/mol. The molecule has 24 heavy (non-hydrogen) atoms. The van der Waals surface area contributed by atoms with Crippen LogP contribution in [0.2, 0.25) is 0 Å². The summed E-state index contributed by atoms with van der Waals surface area (Å²) in [5.74, 6) is 1.86. The van der Waals surface area contributed by atoms with Crippen LogP contribution in [-0.4, -0.2) is 62.7 Å². The van der Waals surface area contributed by atoms with Crippen molar-refractivity contribution in [2.45, 2.75) is 6.42 Å². The van der Waals surface area contributed by atoms with Gasteiger partial charge in [0.15, 0.2) is 17.5 Å². The van der Waals surface area contributed by atoms with Gasteiger partial charge in [-0.25, -0.2) is 0 Å². The van der Waals surface area contributed by atoms with Gasteiger partial charge in [0, 0.05) is 37.8 Å². The number of aliphatic imine (C=N–C) groups is 1. The number of guanidine groups is 1. The molecule has 1 amide bonds. The molecule has 0 aliphatic carbocycles. The van der Waals surface area contributed by atoms with Crippen molar-refractivity contribution in [1.29, 1.82) is 0 Å². The van der Waals surface area contributed by atoms with Gasteiger partial charge in [-0.1, -0.05) is 0 Å². The van der Waals surface area contributed by atoms with E-state index >= 15 is 0 Å². The van der Waals surface area contributed by atoms with E-state index in [0.717, 1.165) is 24.4 Å². The predicted octanol–water partition coefficient (Wildman–Crippen LogP) is 0.00630. The first-order valence-electron chi connectivity index (χ1n) is 8.16. The Bertz CT molecular complexity index is 620. The number of rotatable bonds is 4. The lowest BCUT2D eigenvalue weighted by Gasteiger charge is -2.25. The number of benzene rings is 1. The smallest absolute Gasteiger partial charge is 0.234 e. The van der Waals surface area contributed by atoms with E-state index in [1.54, 1.807) is 0 Å². The van der Waals surface area contributed by atoms with Gasteiger partial charge in [-0.15, -0.1) is 0 Å². The van der Waals surface area contributed by atoms with Crippen molar-refractivity contribution in [2.24, 2.45) is 10.7 Å². The lowest BCUT2D eigenvalue weighted by Crippen LogP contribution is -2.48. The molecule has 8 heteroatoms. The van der Waals surface area contributed by atoms with E-state index in [-0.39, 0.29) is 5.91 Å². The van der Waals surface area contributed by atoms with Gasteiger partial charge >= 0.3 is 0 Å². The standard InChI is InChI=1S/C16H23N5O3/c17-16(19-5-7-21-6-4-18-15(22)11-21)20-12-2-3-13-14(10-12)24-9-1-8-23-13/h2-3,10H,1,4-9,11H2,(H,18,22)(H3,17,19,20). The molecule has 2 aliphatic heterocycles. The highest BCUT2D eigenvalue weighted by Gasteiger charge is 2.15. The maximum atomic E-state index is 11.3. The second-order valence-corrected chi connectivity index (χ2v) is 5.73. The predicted molar refractivity (Wildman–Crippen MR) is 91.6 cm³/mol. The minimum absolute atomic E-state index is 0.0588. The number of nitrogens with one attached hydrogen (secondary N) is 2. The number of hydrogen-bond donors (Lipinski definition) is 3. The number of hydrogen-bond acceptors (Lipinski definition) is 5. The number of carbonyl (C=O) groups excluding carboxylic acids is 1. The molecule has 1 aromatic carbocycles. The summed E-state index contributed by atoms with van der Waals surface area (Å²) in [7, 11) is 0. The fourth-order valence-corrected chi connectivity index (χ4v) is 2.62. The Morgan fingerprint density at radius 1 is 1.33 bits per heavy atom. The minimum Gasteiger partial charge on any atom is -0.490 e. The number of nitrogens with two attached hydrogens (primary N) is 1. The molecular formula is C16H23N5O3. The Hall–Kier alpha value is -2.48. The summed E-state index contributed by atoms with van der Waals surface area (Å²) in [6.07, 6.45) is 0.871. The number of ether oxygens (including phenoxy) is 2. The molecule has 8 nitrogen and oxygen atoms in total. The first-order chi connectivity index (χ1) is 11.7. The van der Waals surface area contributed by atoms with Gasteiger partial charge in [0.2, 0.25) is 5.91 Å². The monoisotopic (exact) mass is 333 g/mol. The summed E-state index contributed by atoms with van der Waals surface area (Å²) in [5.41, 5.74) is 6.73. The minimum atomic E-state index is 0.0588. The van der Waals surface area contributed by atoms with Crippen molar-refractivity contribution in [2.75, 3.05) is 51.3 Å². The van der Waals surface area contributed by atoms with Gasteiger partial charge in [0.25, 0.3) is 0 Å². The van der Waals surface area contributed by atoms with Gasteiger partial charge in [-0.05, 0) is 12.1 Å². The normalized spacial score (nSPS) is 18.7. The van der Waals surface area contributed by atoms with Crippen LogP contribution in [0.5, 0.6) is 11.5 Å². The Morgan fingerprint density at radius 3 is 3.00 bits per heavy atom. The summed E-state index contributed by atoms with van der Waals surface area (Å²) < 4.78 is 11.2. The zero-order valence-corrected chi connectivity index (χ0v) is 13.6. The highest BCUT2D eigenvalue weighted by molar-refractivity contribution is 5.92. The fraction of sp³-hybridized carbons (Fsp3) is 0.500. The highest BCUT2D eigenvalue weighted by Crippen LogP contribution is 2.32. The number of fused-ring (bicyclic) bond motifs is 1. The van der Waals surface area contributed by atoms with E-state index in [0.29, 0.717) is 51.1 Å². The second-order valence-electron chi connectivity index (χ2n) is 5.73. The molecule has 0 aromatic heterocycles. The van der Waals surface area contributed by atoms with Crippen molar-refractivity contribution in [3.8, 4) is 11.5 Å². The number of nitrogens with zero attached hydrogens (tertiary/aromatic N) is 2.